The second-order valence-corrected chi connectivity index (χ2v) is 5.47. The number of benzene rings is 1. The summed E-state index contributed by atoms with van der Waals surface area (Å²) in [7, 11) is 0. The minimum atomic E-state index is 0.638. The molecule has 2 aromatic rings. The number of hydrogen-bond acceptors (Lipinski definition) is 6. The lowest BCUT2D eigenvalue weighted by Gasteiger charge is -2.07. The van der Waals surface area contributed by atoms with Crippen LogP contribution in [0.1, 0.15) is 25.5 Å². The fourth-order valence-electron chi connectivity index (χ4n) is 1.68. The predicted octanol–water partition coefficient (Wildman–Crippen LogP) is 3.86. The van der Waals surface area contributed by atoms with Crippen LogP contribution >= 0.6 is 23.4 Å². The molecule has 1 heterocycles. The number of aromatic nitrogens is 3. The van der Waals surface area contributed by atoms with Crippen LogP contribution in [0.4, 0.5) is 5.69 Å². The van der Waals surface area contributed by atoms with Crippen LogP contribution in [-0.2, 0) is 0 Å². The number of hydrogen-bond donors (Lipinski definition) is 1. The van der Waals surface area contributed by atoms with Gasteiger partial charge in [0.15, 0.2) is 0 Å². The molecule has 0 saturated heterocycles. The van der Waals surface area contributed by atoms with Gasteiger partial charge < -0.3 is 0 Å². The third kappa shape index (κ3) is 4.68. The normalized spacial score (nSPS) is 11.5. The van der Waals surface area contributed by atoms with Gasteiger partial charge in [-0.2, -0.15) is 10.2 Å². The molecule has 7 heteroatoms. The SMILES string of the molecule is CCCC(=NNc1cccc(Cl)c1)c1cnnc(SC)n1. The van der Waals surface area contributed by atoms with E-state index >= 15 is 0 Å². The maximum atomic E-state index is 5.96. The van der Waals surface area contributed by atoms with E-state index in [1.54, 1.807) is 6.20 Å². The van der Waals surface area contributed by atoms with E-state index < -0.39 is 0 Å². The van der Waals surface area contributed by atoms with Crippen molar-refractivity contribution in [2.45, 2.75) is 24.9 Å². The Morgan fingerprint density at radius 2 is 2.29 bits per heavy atom. The molecule has 0 bridgehead atoms. The van der Waals surface area contributed by atoms with Crippen LogP contribution in [0.2, 0.25) is 5.02 Å². The standard InChI is InChI=1S/C14H16ClN5S/c1-3-5-12(13-9-16-20-14(17-13)21-2)19-18-11-7-4-6-10(15)8-11/h4,6-9,18H,3,5H2,1-2H3. The van der Waals surface area contributed by atoms with E-state index in [0.717, 1.165) is 29.9 Å². The molecule has 0 fully saturated rings. The number of nitrogens with zero attached hydrogens (tertiary/aromatic N) is 4. The van der Waals surface area contributed by atoms with Crippen LogP contribution in [0.25, 0.3) is 0 Å². The summed E-state index contributed by atoms with van der Waals surface area (Å²) in [5.41, 5.74) is 5.44. The molecule has 5 nitrogen and oxygen atoms in total. The maximum Gasteiger partial charge on any atom is 0.209 e. The molecule has 0 amide bonds. The summed E-state index contributed by atoms with van der Waals surface area (Å²) >= 11 is 7.41. The first-order chi connectivity index (χ1) is 10.2. The largest absolute Gasteiger partial charge is 0.278 e. The second kappa shape index (κ2) is 7.95. The van der Waals surface area contributed by atoms with Crippen molar-refractivity contribution >= 4 is 34.8 Å². The second-order valence-electron chi connectivity index (χ2n) is 4.26. The van der Waals surface area contributed by atoms with Gasteiger partial charge in [-0.15, -0.1) is 5.10 Å². The van der Waals surface area contributed by atoms with Gasteiger partial charge in [0.2, 0.25) is 5.16 Å². The van der Waals surface area contributed by atoms with Crippen molar-refractivity contribution in [3.8, 4) is 0 Å². The Bertz CT molecular complexity index is 632. The van der Waals surface area contributed by atoms with Crippen molar-refractivity contribution in [1.82, 2.24) is 15.2 Å². The van der Waals surface area contributed by atoms with E-state index in [4.69, 9.17) is 11.6 Å². The van der Waals surface area contributed by atoms with Gasteiger partial charge in [0.1, 0.15) is 5.69 Å². The molecule has 110 valence electrons. The average molecular weight is 322 g/mol. The summed E-state index contributed by atoms with van der Waals surface area (Å²) in [5.74, 6) is 0. The smallest absolute Gasteiger partial charge is 0.209 e. The summed E-state index contributed by atoms with van der Waals surface area (Å²) in [6.45, 7) is 2.10. The van der Waals surface area contributed by atoms with Crippen LogP contribution in [0.5, 0.6) is 0 Å². The zero-order chi connectivity index (χ0) is 15.1. The Labute approximate surface area is 133 Å². The van der Waals surface area contributed by atoms with E-state index in [2.05, 4.69) is 32.6 Å². The molecule has 0 aliphatic rings. The Hall–Kier alpha value is -1.66. The first-order valence-corrected chi connectivity index (χ1v) is 8.15. The number of nitrogens with one attached hydrogen (secondary N) is 1. The molecule has 0 aliphatic carbocycles. The van der Waals surface area contributed by atoms with Gasteiger partial charge in [0.25, 0.3) is 0 Å². The minimum absolute atomic E-state index is 0.638. The summed E-state index contributed by atoms with van der Waals surface area (Å²) in [4.78, 5) is 4.43. The van der Waals surface area contributed by atoms with Crippen LogP contribution in [0.15, 0.2) is 40.7 Å². The van der Waals surface area contributed by atoms with Crippen molar-refractivity contribution in [3.05, 3.63) is 41.2 Å². The highest BCUT2D eigenvalue weighted by Crippen LogP contribution is 2.15. The van der Waals surface area contributed by atoms with E-state index in [1.807, 2.05) is 30.5 Å². The van der Waals surface area contributed by atoms with E-state index in [0.29, 0.717) is 10.2 Å². The monoisotopic (exact) mass is 321 g/mol. The zero-order valence-corrected chi connectivity index (χ0v) is 13.4. The third-order valence-electron chi connectivity index (χ3n) is 2.65. The predicted molar refractivity (Wildman–Crippen MR) is 88.1 cm³/mol. The Kier molecular flexibility index (Phi) is 5.95. The van der Waals surface area contributed by atoms with Gasteiger partial charge in [-0.25, -0.2) is 4.98 Å². The molecule has 21 heavy (non-hydrogen) atoms. The molecule has 2 rings (SSSR count). The highest BCUT2D eigenvalue weighted by atomic mass is 35.5. The summed E-state index contributed by atoms with van der Waals surface area (Å²) in [5, 5.41) is 13.6. The number of anilines is 1. The topological polar surface area (TPSA) is 63.1 Å². The third-order valence-corrected chi connectivity index (χ3v) is 3.42. The maximum absolute atomic E-state index is 5.96. The molecule has 0 saturated carbocycles. The van der Waals surface area contributed by atoms with Crippen molar-refractivity contribution < 1.29 is 0 Å². The van der Waals surface area contributed by atoms with E-state index in [-0.39, 0.29) is 0 Å². The Morgan fingerprint density at radius 3 is 3.00 bits per heavy atom. The lowest BCUT2D eigenvalue weighted by Crippen LogP contribution is -2.09. The molecule has 0 spiro atoms. The van der Waals surface area contributed by atoms with Crippen LogP contribution in [0.3, 0.4) is 0 Å². The highest BCUT2D eigenvalue weighted by Gasteiger charge is 2.07. The molecule has 0 atom stereocenters. The average Bonchev–Trinajstić information content (AvgIpc) is 2.51. The molecular weight excluding hydrogens is 306 g/mol. The van der Waals surface area contributed by atoms with Gasteiger partial charge in [-0.05, 0) is 30.9 Å². The first-order valence-electron chi connectivity index (χ1n) is 6.55. The molecule has 0 aliphatic heterocycles. The van der Waals surface area contributed by atoms with Crippen molar-refractivity contribution in [1.29, 1.82) is 0 Å². The van der Waals surface area contributed by atoms with Gasteiger partial charge in [-0.1, -0.05) is 42.8 Å². The molecule has 0 radical (unpaired) electrons. The molecule has 1 N–H and O–H groups in total. The van der Waals surface area contributed by atoms with E-state index in [9.17, 15) is 0 Å². The fraction of sp³-hybridized carbons (Fsp3) is 0.286. The molecular formula is C14H16ClN5S. The van der Waals surface area contributed by atoms with Crippen molar-refractivity contribution in [2.75, 3.05) is 11.7 Å². The first kappa shape index (κ1) is 15.7. The highest BCUT2D eigenvalue weighted by molar-refractivity contribution is 7.98. The molecule has 1 aromatic heterocycles. The zero-order valence-electron chi connectivity index (χ0n) is 11.9. The van der Waals surface area contributed by atoms with Gasteiger partial charge in [0.05, 0.1) is 17.6 Å². The van der Waals surface area contributed by atoms with Gasteiger partial charge in [0, 0.05) is 5.02 Å². The number of halogens is 1. The number of hydrazone groups is 1. The Balaban J connectivity index is 2.23. The van der Waals surface area contributed by atoms with Gasteiger partial charge >= 0.3 is 0 Å². The number of rotatable bonds is 6. The summed E-state index contributed by atoms with van der Waals surface area (Å²) in [6, 6.07) is 7.42. The molecule has 0 unspecified atom stereocenters. The summed E-state index contributed by atoms with van der Waals surface area (Å²) in [6.07, 6.45) is 5.32. The van der Waals surface area contributed by atoms with Crippen molar-refractivity contribution in [2.24, 2.45) is 5.10 Å². The number of thioether (sulfide) groups is 1. The molecule has 1 aromatic carbocycles. The summed E-state index contributed by atoms with van der Waals surface area (Å²) < 4.78 is 0. The Morgan fingerprint density at radius 1 is 1.43 bits per heavy atom. The van der Waals surface area contributed by atoms with Crippen LogP contribution in [0, 0.1) is 0 Å². The lowest BCUT2D eigenvalue weighted by molar-refractivity contribution is 0.828. The van der Waals surface area contributed by atoms with Crippen LogP contribution < -0.4 is 5.43 Å². The van der Waals surface area contributed by atoms with Crippen LogP contribution in [-0.4, -0.2) is 27.1 Å². The van der Waals surface area contributed by atoms with Gasteiger partial charge in [-0.3, -0.25) is 5.43 Å². The quantitative estimate of drug-likeness (QED) is 0.497. The van der Waals surface area contributed by atoms with Crippen molar-refractivity contribution in [3.63, 3.8) is 0 Å². The minimum Gasteiger partial charge on any atom is -0.278 e. The van der Waals surface area contributed by atoms with E-state index in [1.165, 1.54) is 11.8 Å². The fourth-order valence-corrected chi connectivity index (χ4v) is 2.19. The lowest BCUT2D eigenvalue weighted by atomic mass is 10.2.